The van der Waals surface area contributed by atoms with Crippen LogP contribution in [0.2, 0.25) is 0 Å². The third-order valence-corrected chi connectivity index (χ3v) is 27.9. The average molecular weight is 2130 g/mol. The summed E-state index contributed by atoms with van der Waals surface area (Å²) in [6, 6.07) is -7.00. The highest BCUT2D eigenvalue weighted by molar-refractivity contribution is 5.79. The van der Waals surface area contributed by atoms with E-state index in [0.717, 1.165) is 111 Å². The lowest BCUT2D eigenvalue weighted by atomic mass is 9.86. The van der Waals surface area contributed by atoms with E-state index in [1.807, 2.05) is 0 Å². The van der Waals surface area contributed by atoms with Crippen LogP contribution >= 0.6 is 0 Å². The van der Waals surface area contributed by atoms with Crippen LogP contribution in [0.3, 0.4) is 0 Å². The number of ketones is 1. The number of amides is 4. The van der Waals surface area contributed by atoms with Crippen LogP contribution in [0.25, 0.3) is 0 Å². The van der Waals surface area contributed by atoms with Crippen molar-refractivity contribution >= 4 is 47.3 Å². The van der Waals surface area contributed by atoms with Gasteiger partial charge in [0.25, 0.3) is 17.4 Å². The van der Waals surface area contributed by atoms with E-state index >= 15 is 0 Å². The van der Waals surface area contributed by atoms with Gasteiger partial charge in [-0.2, -0.15) is 0 Å². The largest absolute Gasteiger partial charge is 0.477 e. The van der Waals surface area contributed by atoms with Gasteiger partial charge in [-0.05, 0) is 45.4 Å². The second kappa shape index (κ2) is 63.3. The maximum absolute atomic E-state index is 14.7. The number of aliphatic hydroxyl groups is 22. The second-order valence-electron chi connectivity index (χ2n) is 39.5. The highest BCUT2D eigenvalue weighted by Gasteiger charge is 2.66. The van der Waals surface area contributed by atoms with Crippen molar-refractivity contribution in [2.45, 2.75) is 485 Å². The zero-order valence-electron chi connectivity index (χ0n) is 84.5. The van der Waals surface area contributed by atoms with Gasteiger partial charge in [-0.25, -0.2) is 14.4 Å². The topological polar surface area (TPSA) is 820 Å². The number of allylic oxidation sites excluding steroid dienone is 2. The Morgan fingerprint density at radius 3 is 1.18 bits per heavy atom. The van der Waals surface area contributed by atoms with Crippen molar-refractivity contribution in [2.24, 2.45) is 5.92 Å². The predicted molar refractivity (Wildman–Crippen MR) is 502 cm³/mol. The lowest BCUT2D eigenvalue weighted by Gasteiger charge is -2.53. The number of ether oxygens (including phenoxy) is 14. The number of carboxylic acids is 3. The van der Waals surface area contributed by atoms with Gasteiger partial charge in [0.05, 0.1) is 108 Å². The van der Waals surface area contributed by atoms with Crippen molar-refractivity contribution in [2.75, 3.05) is 52.9 Å². The average Bonchev–Trinajstić information content (AvgIpc) is 0.736. The smallest absolute Gasteiger partial charge is 0.364 e. The summed E-state index contributed by atoms with van der Waals surface area (Å²) in [6.45, 7) is -2.01. The third-order valence-electron chi connectivity index (χ3n) is 27.9. The van der Waals surface area contributed by atoms with E-state index in [0.29, 0.717) is 12.8 Å². The van der Waals surface area contributed by atoms with Gasteiger partial charge in [0, 0.05) is 58.8 Å². The molecular weight excluding hydrogens is 1960 g/mol. The SMILES string of the molecule is CCCCCCCC/C=C\CCCCCCCC(=O)N[C@@H](CO[C@@H]1O[C@H](CO)[C@@H](O[C@@H]2O[C@H](CO)[C@H](O[C@@H]3O[C@H](CO)[C@H](O)[C@H](O[C@@H]4O[C@H](CO)[C@H](O)[C@H](O[C@]5(C(=O)O)C[C@H](O)[C@@H](NC(C)=O)C([C@H](O)[C@H](O)CO)O5)[C@H]4O)[C@H]3CC(C)=O)[C@H](O[C@]3(C(=O)O)C[C@H](O)[C@@H](NC(C)=O)C([C@H](O)[C@@H](CO)O[C@]4(C(=O)O)C[C@H](O)[C@@H](NC(C)=O)C([C@H](O)[C@H](O)CO)O4)O3)[C@H]2O)[C@H](O)[C@H]1O)[C@H](O)CCCCCCCCCCCCCCC. The van der Waals surface area contributed by atoms with E-state index in [1.54, 1.807) is 0 Å². The Hall–Kier alpha value is -5.74. The lowest BCUT2D eigenvalue weighted by Crippen LogP contribution is -2.72. The Morgan fingerprint density at radius 2 is 0.748 bits per heavy atom. The minimum absolute atomic E-state index is 0.0590. The molecule has 7 aliphatic rings. The van der Waals surface area contributed by atoms with E-state index in [4.69, 9.17) is 66.3 Å². The summed E-state index contributed by atoms with van der Waals surface area (Å²) >= 11 is 0. The zero-order chi connectivity index (χ0) is 109. The fraction of sp³-hybridized carbons (Fsp3) is 0.896. The monoisotopic (exact) mass is 2130 g/mol. The number of aliphatic carboxylic acids is 3. The maximum atomic E-state index is 14.7. The Labute approximate surface area is 853 Å². The summed E-state index contributed by atoms with van der Waals surface area (Å²) in [6.07, 6.45) is -48.8. The van der Waals surface area contributed by atoms with Crippen LogP contribution in [-0.2, 0) is 105 Å². The van der Waals surface area contributed by atoms with Crippen molar-refractivity contribution in [3.05, 3.63) is 12.2 Å². The summed E-state index contributed by atoms with van der Waals surface area (Å²) in [4.78, 5) is 108. The molecule has 0 aliphatic carbocycles. The van der Waals surface area contributed by atoms with Crippen LogP contribution in [0.4, 0.5) is 0 Å². The first-order valence-corrected chi connectivity index (χ1v) is 51.6. The number of unbranched alkanes of at least 4 members (excludes halogenated alkanes) is 23. The number of nitrogens with one attached hydrogen (secondary N) is 4. The number of aliphatic hydroxyl groups excluding tert-OH is 22. The van der Waals surface area contributed by atoms with E-state index in [9.17, 15) is 166 Å². The van der Waals surface area contributed by atoms with Crippen LogP contribution in [0, 0.1) is 5.92 Å². The van der Waals surface area contributed by atoms with E-state index < -0.39 is 369 Å². The first-order valence-electron chi connectivity index (χ1n) is 51.6. The molecule has 0 aromatic rings. The highest BCUT2D eigenvalue weighted by atomic mass is 16.8. The van der Waals surface area contributed by atoms with Gasteiger partial charge in [0.15, 0.2) is 25.2 Å². The molecule has 852 valence electrons. The normalized spacial score (nSPS) is 35.5. The Morgan fingerprint density at radius 1 is 0.381 bits per heavy atom. The standard InChI is InChI=1S/C96H166N4O47/c1-7-9-11-13-15-17-19-21-22-24-26-28-30-32-34-36-66(118)100-54(55(112)35-33-31-29-27-25-23-20-18-16-14-12-10-8-2)48-134-88-76(125)75(124)80(64(46-106)137-88)140-90-78(127)86(147-96(93(132)133)40-58(115)69(99-52(6)111)84(145-96)74(123)63(45-105)142-94(91(128)129)38-56(113)67(97-50(4)109)82(143-94)70(119)59(116)41-101)81(65(47-107)138-90)141-87-53(37-49(3)108)79(72(121)61(43-103)135-87)139-89-77(126)85(73(122)62(44-104)136-89)146-95(92(130)131)39-57(114)68(98-51(5)110)83(144-95)71(120)60(117)42-102/h21-22,53-65,67-90,101-107,112-117,119-127H,7-20,23-48H2,1-6H3,(H,97,109)(H,98,110)(H,99,111)(H,100,118)(H,128,129)(H,130,131)(H,132,133)/b22-21-/t53-,54+,55-,56+,57+,58+,59-,60-,61-,62-,63-,64-,65-,67-,68-,69-,70-,71-,72+,73+,74-,75-,76-,77-,78-,79-,80-,81+,82?,83?,84?,85+,86-,87+,88-,89+,90+,94-,95+,96+/m1/s1. The molecule has 7 aliphatic heterocycles. The molecule has 7 rings (SSSR count). The molecule has 40 atom stereocenters. The number of carbonyl (C=O) groups is 8. The first kappa shape index (κ1) is 128. The first-order chi connectivity index (χ1) is 69.9. The number of Topliss-reactive ketones (excluding diaryl/α,β-unsaturated/α-hetero) is 1. The predicted octanol–water partition coefficient (Wildman–Crippen LogP) is -5.60. The molecule has 7 heterocycles. The third kappa shape index (κ3) is 36.2. The summed E-state index contributed by atoms with van der Waals surface area (Å²) < 4.78 is 85.0. The molecule has 0 radical (unpaired) electrons. The molecule has 0 aromatic carbocycles. The van der Waals surface area contributed by atoms with Gasteiger partial charge in [-0.1, -0.05) is 161 Å². The molecule has 147 heavy (non-hydrogen) atoms. The number of carboxylic acid groups (broad SMARTS) is 3. The van der Waals surface area contributed by atoms with Gasteiger partial charge in [0.1, 0.15) is 146 Å². The molecule has 0 spiro atoms. The Balaban J connectivity index is 1.26. The van der Waals surface area contributed by atoms with Crippen molar-refractivity contribution < 1.29 is 232 Å². The molecule has 0 aromatic heterocycles. The Kier molecular flexibility index (Phi) is 55.2. The number of hydrogen-bond donors (Lipinski definition) is 29. The molecular formula is C96H166N4O47. The molecule has 4 amide bonds. The molecule has 29 N–H and O–H groups in total. The van der Waals surface area contributed by atoms with E-state index in [2.05, 4.69) is 47.3 Å². The van der Waals surface area contributed by atoms with E-state index in [1.165, 1.54) is 70.6 Å². The van der Waals surface area contributed by atoms with Crippen molar-refractivity contribution in [3.8, 4) is 0 Å². The molecule has 51 heteroatoms. The summed E-state index contributed by atoms with van der Waals surface area (Å²) in [5, 5.41) is 296. The van der Waals surface area contributed by atoms with E-state index in [-0.39, 0.29) is 12.8 Å². The number of rotatable bonds is 67. The molecule has 0 bridgehead atoms. The zero-order valence-corrected chi connectivity index (χ0v) is 84.5. The summed E-state index contributed by atoms with van der Waals surface area (Å²) in [5.74, 6) is -23.8. The minimum Gasteiger partial charge on any atom is -0.477 e. The van der Waals surface area contributed by atoms with Gasteiger partial charge >= 0.3 is 17.9 Å². The quantitative estimate of drug-likeness (QED) is 0.0199. The van der Waals surface area contributed by atoms with Gasteiger partial charge in [-0.3, -0.25) is 19.2 Å². The molecule has 3 unspecified atom stereocenters. The van der Waals surface area contributed by atoms with Gasteiger partial charge in [0.2, 0.25) is 23.6 Å². The maximum Gasteiger partial charge on any atom is 0.364 e. The molecule has 51 nitrogen and oxygen atoms in total. The van der Waals surface area contributed by atoms with Gasteiger partial charge < -0.3 is 220 Å². The van der Waals surface area contributed by atoms with Gasteiger partial charge in [-0.15, -0.1) is 0 Å². The Bertz CT molecular complexity index is 3910. The summed E-state index contributed by atoms with van der Waals surface area (Å²) in [5.41, 5.74) is 0. The molecule has 7 saturated heterocycles. The highest BCUT2D eigenvalue weighted by Crippen LogP contribution is 2.46. The minimum atomic E-state index is -3.79. The van der Waals surface area contributed by atoms with Crippen LogP contribution in [0.1, 0.15) is 247 Å². The fourth-order valence-electron chi connectivity index (χ4n) is 19.7. The molecule has 7 fully saturated rings. The fourth-order valence-corrected chi connectivity index (χ4v) is 19.7. The summed E-state index contributed by atoms with van der Waals surface area (Å²) in [7, 11) is 0. The second-order valence-corrected chi connectivity index (χ2v) is 39.5. The van der Waals surface area contributed by atoms with Crippen LogP contribution < -0.4 is 21.3 Å². The van der Waals surface area contributed by atoms with Crippen molar-refractivity contribution in [1.82, 2.24) is 21.3 Å². The van der Waals surface area contributed by atoms with Crippen LogP contribution in [0.15, 0.2) is 12.2 Å². The van der Waals surface area contributed by atoms with Crippen LogP contribution in [-0.4, -0.2) is 465 Å². The van der Waals surface area contributed by atoms with Crippen molar-refractivity contribution in [1.29, 1.82) is 0 Å². The number of hydrogen-bond acceptors (Lipinski definition) is 44. The molecule has 0 saturated carbocycles. The van der Waals surface area contributed by atoms with Crippen molar-refractivity contribution in [3.63, 3.8) is 0 Å². The number of carbonyl (C=O) groups excluding carboxylic acids is 5. The lowest BCUT2D eigenvalue weighted by molar-refractivity contribution is -0.409. The van der Waals surface area contributed by atoms with Crippen LogP contribution in [0.5, 0.6) is 0 Å².